The van der Waals surface area contributed by atoms with Gasteiger partial charge in [-0.2, -0.15) is 4.31 Å². The lowest BCUT2D eigenvalue weighted by Crippen LogP contribution is -2.31. The maximum atomic E-state index is 14.4. The first kappa shape index (κ1) is 27.6. The molecule has 0 radical (unpaired) electrons. The second kappa shape index (κ2) is 11.6. The summed E-state index contributed by atoms with van der Waals surface area (Å²) in [6.45, 7) is 2.40. The highest BCUT2D eigenvalue weighted by atomic mass is 32.2. The summed E-state index contributed by atoms with van der Waals surface area (Å²) < 4.78 is 56.6. The van der Waals surface area contributed by atoms with Crippen LogP contribution in [-0.2, 0) is 23.1 Å². The molecule has 1 amide bonds. The molecule has 0 saturated heterocycles. The number of hydrogen-bond donors (Lipinski definition) is 0. The molecule has 0 unspecified atom stereocenters. The van der Waals surface area contributed by atoms with Gasteiger partial charge in [0.1, 0.15) is 11.3 Å². The van der Waals surface area contributed by atoms with Crippen molar-refractivity contribution in [2.75, 3.05) is 11.4 Å². The fraction of sp³-hybridized carbons (Fsp3) is 0.133. The van der Waals surface area contributed by atoms with E-state index in [1.807, 2.05) is 60.7 Å². The van der Waals surface area contributed by atoms with Crippen LogP contribution in [-0.4, -0.2) is 30.2 Å². The molecule has 4 aromatic carbocycles. The lowest BCUT2D eigenvalue weighted by molar-refractivity contribution is 0.0985. The highest BCUT2D eigenvalue weighted by Gasteiger charge is 2.26. The first-order valence-electron chi connectivity index (χ1n) is 12.5. The zero-order valence-corrected chi connectivity index (χ0v) is 23.1. The van der Waals surface area contributed by atoms with E-state index in [4.69, 9.17) is 0 Å². The number of benzene rings is 4. The van der Waals surface area contributed by atoms with Gasteiger partial charge in [0.2, 0.25) is 10.0 Å². The van der Waals surface area contributed by atoms with Crippen molar-refractivity contribution in [1.82, 2.24) is 9.29 Å². The van der Waals surface area contributed by atoms with Gasteiger partial charge in [-0.25, -0.2) is 22.2 Å². The summed E-state index contributed by atoms with van der Waals surface area (Å²) in [7, 11) is -3.82. The first-order chi connectivity index (χ1) is 19.3. The van der Waals surface area contributed by atoms with E-state index < -0.39 is 27.6 Å². The highest BCUT2D eigenvalue weighted by Crippen LogP contribution is 2.33. The van der Waals surface area contributed by atoms with Crippen molar-refractivity contribution in [2.45, 2.75) is 24.9 Å². The monoisotopic (exact) mass is 577 g/mol. The highest BCUT2D eigenvalue weighted by molar-refractivity contribution is 7.89. The molecule has 5 rings (SSSR count). The van der Waals surface area contributed by atoms with Crippen LogP contribution in [0.25, 0.3) is 10.2 Å². The van der Waals surface area contributed by atoms with Crippen LogP contribution >= 0.6 is 11.3 Å². The minimum absolute atomic E-state index is 0.0215. The number of carbonyl (C=O) groups is 1. The van der Waals surface area contributed by atoms with E-state index in [1.54, 1.807) is 6.92 Å². The second-order valence-electron chi connectivity index (χ2n) is 9.05. The van der Waals surface area contributed by atoms with Crippen LogP contribution in [0.3, 0.4) is 0 Å². The van der Waals surface area contributed by atoms with Crippen LogP contribution in [0.2, 0.25) is 0 Å². The van der Waals surface area contributed by atoms with Crippen molar-refractivity contribution in [2.24, 2.45) is 0 Å². The number of halogens is 2. The predicted octanol–water partition coefficient (Wildman–Crippen LogP) is 6.63. The van der Waals surface area contributed by atoms with E-state index in [0.29, 0.717) is 0 Å². The maximum absolute atomic E-state index is 14.4. The van der Waals surface area contributed by atoms with Crippen LogP contribution in [0.1, 0.15) is 28.4 Å². The number of carbonyl (C=O) groups excluding carboxylic acids is 1. The Balaban J connectivity index is 1.46. The number of hydrogen-bond acceptors (Lipinski definition) is 5. The second-order valence-corrected chi connectivity index (χ2v) is 12.0. The molecule has 0 bridgehead atoms. The van der Waals surface area contributed by atoms with Gasteiger partial charge in [-0.1, -0.05) is 78.9 Å². The van der Waals surface area contributed by atoms with Gasteiger partial charge in [-0.05, 0) is 41.5 Å². The van der Waals surface area contributed by atoms with Gasteiger partial charge in [-0.3, -0.25) is 9.69 Å². The molecule has 40 heavy (non-hydrogen) atoms. The molecule has 0 aliphatic carbocycles. The first-order valence-corrected chi connectivity index (χ1v) is 14.8. The Kier molecular flexibility index (Phi) is 8.02. The molecule has 1 aromatic heterocycles. The Morgan fingerprint density at radius 2 is 1.45 bits per heavy atom. The molecule has 1 heterocycles. The van der Waals surface area contributed by atoms with E-state index in [0.717, 1.165) is 28.5 Å². The Morgan fingerprint density at radius 1 is 0.850 bits per heavy atom. The summed E-state index contributed by atoms with van der Waals surface area (Å²) in [6.07, 6.45) is 0. The molecular formula is C30H25F2N3O3S2. The number of rotatable bonds is 9. The van der Waals surface area contributed by atoms with Crippen LogP contribution in [0, 0.1) is 11.6 Å². The van der Waals surface area contributed by atoms with Crippen LogP contribution in [0.15, 0.2) is 102 Å². The molecule has 0 N–H and O–H groups in total. The van der Waals surface area contributed by atoms with Crippen LogP contribution in [0.4, 0.5) is 13.9 Å². The molecule has 0 aliphatic heterocycles. The molecule has 0 aliphatic rings. The third-order valence-electron chi connectivity index (χ3n) is 6.35. The molecule has 0 saturated carbocycles. The number of amides is 1. The summed E-state index contributed by atoms with van der Waals surface area (Å²) >= 11 is 1.00. The largest absolute Gasteiger partial charge is 0.279 e. The molecule has 0 atom stereocenters. The van der Waals surface area contributed by atoms with Crippen molar-refractivity contribution in [3.63, 3.8) is 0 Å². The average Bonchev–Trinajstić information content (AvgIpc) is 3.39. The zero-order valence-electron chi connectivity index (χ0n) is 21.5. The van der Waals surface area contributed by atoms with Gasteiger partial charge in [0.25, 0.3) is 5.91 Å². The summed E-state index contributed by atoms with van der Waals surface area (Å²) in [5.74, 6) is -1.99. The minimum atomic E-state index is -3.82. The van der Waals surface area contributed by atoms with Gasteiger partial charge in [0, 0.05) is 24.7 Å². The third-order valence-corrected chi connectivity index (χ3v) is 9.32. The van der Waals surface area contributed by atoms with Gasteiger partial charge in [-0.15, -0.1) is 0 Å². The topological polar surface area (TPSA) is 70.6 Å². The maximum Gasteiger partial charge on any atom is 0.260 e. The number of fused-ring (bicyclic) bond motifs is 1. The predicted molar refractivity (Wildman–Crippen MR) is 153 cm³/mol. The van der Waals surface area contributed by atoms with Gasteiger partial charge in [0.15, 0.2) is 10.9 Å². The smallest absolute Gasteiger partial charge is 0.260 e. The van der Waals surface area contributed by atoms with Crippen LogP contribution in [0.5, 0.6) is 0 Å². The summed E-state index contributed by atoms with van der Waals surface area (Å²) in [5, 5.41) is 0.199. The van der Waals surface area contributed by atoms with E-state index >= 15 is 0 Å². The number of thiazole rings is 1. The normalized spacial score (nSPS) is 11.7. The van der Waals surface area contributed by atoms with Crippen molar-refractivity contribution in [3.8, 4) is 0 Å². The van der Waals surface area contributed by atoms with Gasteiger partial charge < -0.3 is 0 Å². The van der Waals surface area contributed by atoms with E-state index in [1.165, 1.54) is 39.5 Å². The Hall–Kier alpha value is -3.99. The number of sulfonamides is 1. The quantitative estimate of drug-likeness (QED) is 0.197. The van der Waals surface area contributed by atoms with Gasteiger partial charge in [0.05, 0.1) is 16.1 Å². The molecule has 0 spiro atoms. The number of anilines is 1. The van der Waals surface area contributed by atoms with Crippen molar-refractivity contribution >= 4 is 42.6 Å². The lowest BCUT2D eigenvalue weighted by Gasteiger charge is -2.22. The van der Waals surface area contributed by atoms with Gasteiger partial charge >= 0.3 is 0 Å². The zero-order chi connectivity index (χ0) is 28.3. The fourth-order valence-corrected chi connectivity index (χ4v) is 6.72. The molecule has 10 heteroatoms. The van der Waals surface area contributed by atoms with Crippen molar-refractivity contribution in [3.05, 3.63) is 125 Å². The molecule has 6 nitrogen and oxygen atoms in total. The molecular weight excluding hydrogens is 552 g/mol. The Bertz CT molecular complexity index is 1740. The number of aromatic nitrogens is 1. The van der Waals surface area contributed by atoms with E-state index in [9.17, 15) is 22.0 Å². The van der Waals surface area contributed by atoms with E-state index in [-0.39, 0.29) is 45.4 Å². The fourth-order valence-electron chi connectivity index (χ4n) is 4.28. The summed E-state index contributed by atoms with van der Waals surface area (Å²) in [6, 6.07) is 26.2. The SMILES string of the molecule is CCN(Cc1ccccc1)S(=O)(=O)c1ccc(C(=O)N(Cc2ccccc2)c2nc3c(F)cc(F)cc3s2)cc1. The van der Waals surface area contributed by atoms with E-state index in [2.05, 4.69) is 4.98 Å². The molecule has 204 valence electrons. The molecule has 5 aromatic rings. The number of nitrogens with zero attached hydrogens (tertiary/aromatic N) is 3. The lowest BCUT2D eigenvalue weighted by atomic mass is 10.1. The average molecular weight is 578 g/mol. The van der Waals surface area contributed by atoms with Crippen molar-refractivity contribution in [1.29, 1.82) is 0 Å². The Morgan fingerprint density at radius 3 is 2.05 bits per heavy atom. The third kappa shape index (κ3) is 5.79. The minimum Gasteiger partial charge on any atom is -0.279 e. The molecule has 0 fully saturated rings. The van der Waals surface area contributed by atoms with Crippen molar-refractivity contribution < 1.29 is 22.0 Å². The van der Waals surface area contributed by atoms with Crippen LogP contribution < -0.4 is 4.90 Å². The summed E-state index contributed by atoms with van der Waals surface area (Å²) in [4.78, 5) is 19.5. The standard InChI is InChI=1S/C30H25F2N3O3S2/c1-2-34(19-21-9-5-3-6-10-21)40(37,38)25-15-13-23(14-16-25)29(36)35(20-22-11-7-4-8-12-22)30-33-28-26(32)17-24(31)18-27(28)39-30/h3-18H,2,19-20H2,1H3. The summed E-state index contributed by atoms with van der Waals surface area (Å²) in [5.41, 5.74) is 1.88. The Labute approximate surface area is 235 Å².